The number of ether oxygens (including phenoxy) is 1. The van der Waals surface area contributed by atoms with E-state index in [9.17, 15) is 18.0 Å². The van der Waals surface area contributed by atoms with Gasteiger partial charge in [0.15, 0.2) is 6.10 Å². The second-order valence-corrected chi connectivity index (χ2v) is 7.53. The molecule has 0 fully saturated rings. The molecule has 136 valence electrons. The first-order chi connectivity index (χ1) is 11.7. The molecule has 0 unspecified atom stereocenters. The Morgan fingerprint density at radius 3 is 2.60 bits per heavy atom. The largest absolute Gasteiger partial charge is 0.452 e. The molecule has 1 aliphatic heterocycles. The van der Waals surface area contributed by atoms with Gasteiger partial charge in [0, 0.05) is 11.6 Å². The Morgan fingerprint density at radius 1 is 1.24 bits per heavy atom. The lowest BCUT2D eigenvalue weighted by Gasteiger charge is -2.15. The summed E-state index contributed by atoms with van der Waals surface area (Å²) < 4.78 is 31.3. The number of rotatable bonds is 6. The molecule has 1 aliphatic rings. The zero-order valence-corrected chi connectivity index (χ0v) is 15.1. The number of amidine groups is 1. The van der Waals surface area contributed by atoms with E-state index in [0.29, 0.717) is 5.56 Å². The van der Waals surface area contributed by atoms with E-state index in [0.717, 1.165) is 0 Å². The second kappa shape index (κ2) is 7.64. The van der Waals surface area contributed by atoms with E-state index in [1.165, 1.54) is 13.0 Å². The molecule has 1 aromatic rings. The Bertz CT molecular complexity index is 802. The molecular formula is C16H21N3O5S. The Hall–Kier alpha value is -2.42. The predicted molar refractivity (Wildman–Crippen MR) is 91.6 cm³/mol. The number of benzene rings is 1. The highest BCUT2D eigenvalue weighted by molar-refractivity contribution is 7.90. The third-order valence-corrected chi connectivity index (χ3v) is 4.75. The summed E-state index contributed by atoms with van der Waals surface area (Å²) in [6.45, 7) is 5.15. The Kier molecular flexibility index (Phi) is 5.78. The van der Waals surface area contributed by atoms with Crippen LogP contribution in [0.15, 0.2) is 34.2 Å². The lowest BCUT2D eigenvalue weighted by Crippen LogP contribution is -2.39. The van der Waals surface area contributed by atoms with Gasteiger partial charge in [0.05, 0.1) is 17.9 Å². The molecule has 0 bridgehead atoms. The number of fused-ring (bicyclic) bond motifs is 1. The number of nitrogens with zero attached hydrogens (tertiary/aromatic N) is 1. The average molecular weight is 367 g/mol. The topological polar surface area (TPSA) is 114 Å². The molecule has 2 rings (SSSR count). The summed E-state index contributed by atoms with van der Waals surface area (Å²) in [5.74, 6) is -0.744. The van der Waals surface area contributed by atoms with Crippen LogP contribution in [0.25, 0.3) is 0 Å². The van der Waals surface area contributed by atoms with E-state index in [4.69, 9.17) is 4.74 Å². The van der Waals surface area contributed by atoms with Gasteiger partial charge in [-0.15, -0.1) is 0 Å². The Labute approximate surface area is 146 Å². The first kappa shape index (κ1) is 18.9. The second-order valence-electron chi connectivity index (χ2n) is 5.88. The zero-order valence-electron chi connectivity index (χ0n) is 14.3. The van der Waals surface area contributed by atoms with E-state index in [2.05, 4.69) is 15.0 Å². The minimum atomic E-state index is -3.60. The van der Waals surface area contributed by atoms with Crippen molar-refractivity contribution in [2.45, 2.75) is 44.2 Å². The van der Waals surface area contributed by atoms with Crippen molar-refractivity contribution in [3.63, 3.8) is 0 Å². The van der Waals surface area contributed by atoms with Crippen LogP contribution in [0.3, 0.4) is 0 Å². The smallest absolute Gasteiger partial charge is 0.308 e. The van der Waals surface area contributed by atoms with Crippen molar-refractivity contribution in [3.05, 3.63) is 29.8 Å². The molecule has 0 saturated heterocycles. The van der Waals surface area contributed by atoms with Crippen molar-refractivity contribution >= 4 is 27.7 Å². The number of carbonyl (C=O) groups is 2. The molecule has 8 nitrogen and oxygen atoms in total. The van der Waals surface area contributed by atoms with E-state index in [-0.39, 0.29) is 35.6 Å². The maximum absolute atomic E-state index is 11.9. The molecule has 25 heavy (non-hydrogen) atoms. The fraction of sp³-hybridized carbons (Fsp3) is 0.438. The summed E-state index contributed by atoms with van der Waals surface area (Å²) in [4.78, 5) is 27.8. The molecule has 9 heteroatoms. The standard InChI is InChI=1S/C16H21N3O5S/c1-10(2)18-16(21)11(3)24-14(20)8-9-17-15-12-6-4-5-7-13(12)25(22,23)19-15/h4-7,10-11H,8-9H2,1-3H3,(H,17,19)(H,18,21)/t11-/m0/s1. The molecule has 0 spiro atoms. The van der Waals surface area contributed by atoms with Gasteiger partial charge >= 0.3 is 5.97 Å². The molecule has 1 atom stereocenters. The van der Waals surface area contributed by atoms with Crippen molar-refractivity contribution in [1.29, 1.82) is 0 Å². The van der Waals surface area contributed by atoms with Crippen molar-refractivity contribution in [3.8, 4) is 0 Å². The highest BCUT2D eigenvalue weighted by atomic mass is 32.2. The van der Waals surface area contributed by atoms with Crippen LogP contribution in [0.5, 0.6) is 0 Å². The number of aliphatic imine (C=N–C) groups is 1. The highest BCUT2D eigenvalue weighted by Crippen LogP contribution is 2.22. The van der Waals surface area contributed by atoms with E-state index in [1.807, 2.05) is 13.8 Å². The van der Waals surface area contributed by atoms with E-state index < -0.39 is 22.1 Å². The van der Waals surface area contributed by atoms with Gasteiger partial charge in [-0.3, -0.25) is 19.3 Å². The first-order valence-corrected chi connectivity index (χ1v) is 9.35. The molecule has 1 aromatic carbocycles. The van der Waals surface area contributed by atoms with Crippen LogP contribution in [0.1, 0.15) is 32.8 Å². The third kappa shape index (κ3) is 4.79. The van der Waals surface area contributed by atoms with Gasteiger partial charge in [-0.2, -0.15) is 0 Å². The maximum Gasteiger partial charge on any atom is 0.308 e. The maximum atomic E-state index is 11.9. The minimum absolute atomic E-state index is 0.0452. The molecule has 0 aromatic heterocycles. The molecule has 1 heterocycles. The normalized spacial score (nSPS) is 17.7. The van der Waals surface area contributed by atoms with E-state index in [1.54, 1.807) is 18.2 Å². The number of esters is 1. The van der Waals surface area contributed by atoms with Gasteiger partial charge in [-0.05, 0) is 32.9 Å². The number of amides is 1. The SMILES string of the molecule is CC(C)NC(=O)[C@H](C)OC(=O)CCN=C1NS(=O)(=O)c2ccccc21. The Morgan fingerprint density at radius 2 is 1.92 bits per heavy atom. The van der Waals surface area contributed by atoms with Gasteiger partial charge < -0.3 is 10.1 Å². The van der Waals surface area contributed by atoms with Crippen LogP contribution in [-0.2, 0) is 24.3 Å². The van der Waals surface area contributed by atoms with Crippen LogP contribution in [0.4, 0.5) is 0 Å². The van der Waals surface area contributed by atoms with Crippen molar-refractivity contribution in [1.82, 2.24) is 10.0 Å². The van der Waals surface area contributed by atoms with Gasteiger partial charge in [0.25, 0.3) is 15.9 Å². The van der Waals surface area contributed by atoms with Gasteiger partial charge in [0.2, 0.25) is 0 Å². The Balaban J connectivity index is 1.92. The van der Waals surface area contributed by atoms with E-state index >= 15 is 0 Å². The molecule has 0 aliphatic carbocycles. The van der Waals surface area contributed by atoms with Crippen molar-refractivity contribution in [2.24, 2.45) is 4.99 Å². The van der Waals surface area contributed by atoms with Crippen LogP contribution >= 0.6 is 0 Å². The molecular weight excluding hydrogens is 346 g/mol. The number of hydrogen-bond acceptors (Lipinski definition) is 6. The van der Waals surface area contributed by atoms with Gasteiger partial charge in [-0.25, -0.2) is 8.42 Å². The molecule has 2 N–H and O–H groups in total. The summed E-state index contributed by atoms with van der Waals surface area (Å²) in [5, 5.41) is 2.65. The van der Waals surface area contributed by atoms with Crippen LogP contribution in [-0.4, -0.2) is 44.8 Å². The summed E-state index contributed by atoms with van der Waals surface area (Å²) in [6.07, 6.45) is -0.958. The highest BCUT2D eigenvalue weighted by Gasteiger charge is 2.30. The molecule has 1 amide bonds. The van der Waals surface area contributed by atoms with Crippen LogP contribution in [0.2, 0.25) is 0 Å². The number of hydrogen-bond donors (Lipinski definition) is 2. The summed E-state index contributed by atoms with van der Waals surface area (Å²) in [5.41, 5.74) is 0.473. The van der Waals surface area contributed by atoms with Crippen molar-refractivity contribution < 1.29 is 22.7 Å². The average Bonchev–Trinajstić information content (AvgIpc) is 2.78. The van der Waals surface area contributed by atoms with Crippen LogP contribution in [0, 0.1) is 0 Å². The van der Waals surface area contributed by atoms with Crippen LogP contribution < -0.4 is 10.0 Å². The quantitative estimate of drug-likeness (QED) is 0.714. The minimum Gasteiger partial charge on any atom is -0.452 e. The fourth-order valence-corrected chi connectivity index (χ4v) is 3.47. The van der Waals surface area contributed by atoms with Crippen molar-refractivity contribution in [2.75, 3.05) is 6.54 Å². The first-order valence-electron chi connectivity index (χ1n) is 7.87. The summed E-state index contributed by atoms with van der Waals surface area (Å²) in [7, 11) is -3.60. The number of sulfonamides is 1. The fourth-order valence-electron chi connectivity index (χ4n) is 2.22. The molecule has 0 radical (unpaired) electrons. The third-order valence-electron chi connectivity index (χ3n) is 3.36. The number of carbonyl (C=O) groups excluding carboxylic acids is 2. The monoisotopic (exact) mass is 367 g/mol. The lowest BCUT2D eigenvalue weighted by molar-refractivity contribution is -0.154. The zero-order chi connectivity index (χ0) is 18.6. The van der Waals surface area contributed by atoms with Gasteiger partial charge in [0.1, 0.15) is 5.84 Å². The predicted octanol–water partition coefficient (Wildman–Crippen LogP) is 0.571. The number of nitrogens with one attached hydrogen (secondary N) is 2. The summed E-state index contributed by atoms with van der Waals surface area (Å²) >= 11 is 0. The molecule has 0 saturated carbocycles. The van der Waals surface area contributed by atoms with Gasteiger partial charge in [-0.1, -0.05) is 12.1 Å². The lowest BCUT2D eigenvalue weighted by atomic mass is 10.2. The summed E-state index contributed by atoms with van der Waals surface area (Å²) in [6, 6.07) is 6.42.